The summed E-state index contributed by atoms with van der Waals surface area (Å²) < 4.78 is 0.972. The van der Waals surface area contributed by atoms with Crippen molar-refractivity contribution in [3.8, 4) is 0 Å². The van der Waals surface area contributed by atoms with E-state index >= 15 is 0 Å². The molecule has 0 radical (unpaired) electrons. The second kappa shape index (κ2) is 5.23. The third kappa shape index (κ3) is 2.76. The summed E-state index contributed by atoms with van der Waals surface area (Å²) in [7, 11) is 0. The van der Waals surface area contributed by atoms with Gasteiger partial charge in [-0.3, -0.25) is 0 Å². The fourth-order valence-electron chi connectivity index (χ4n) is 1.91. The van der Waals surface area contributed by atoms with E-state index in [1.54, 1.807) is 18.2 Å². The minimum atomic E-state index is -1.05. The molecule has 106 valence electrons. The van der Waals surface area contributed by atoms with Gasteiger partial charge < -0.3 is 16.2 Å². The summed E-state index contributed by atoms with van der Waals surface area (Å²) in [5, 5.41) is 13.4. The van der Waals surface area contributed by atoms with Crippen molar-refractivity contribution in [3.63, 3.8) is 0 Å². The average Bonchev–Trinajstić information content (AvgIpc) is 2.79. The standard InChI is InChI=1S/C14H10ClN3O2S/c15-7-1-4-11-12(5-7)21-14(18-11)17-8-2-3-9(13(19)20)10(16)6-8/h1-6H,16H2,(H,17,18)(H,19,20). The maximum Gasteiger partial charge on any atom is 0.337 e. The molecular formula is C14H10ClN3O2S. The van der Waals surface area contributed by atoms with Crippen LogP contribution in [0.5, 0.6) is 0 Å². The Labute approximate surface area is 129 Å². The lowest BCUT2D eigenvalue weighted by molar-refractivity contribution is 0.0698. The number of thiazole rings is 1. The number of carboxylic acid groups (broad SMARTS) is 1. The first kappa shape index (κ1) is 13.7. The number of hydrogen-bond donors (Lipinski definition) is 3. The summed E-state index contributed by atoms with van der Waals surface area (Å²) in [6.07, 6.45) is 0. The zero-order valence-electron chi connectivity index (χ0n) is 10.6. The van der Waals surface area contributed by atoms with Gasteiger partial charge in [0.1, 0.15) is 0 Å². The van der Waals surface area contributed by atoms with Crippen molar-refractivity contribution in [2.24, 2.45) is 0 Å². The normalized spacial score (nSPS) is 10.7. The van der Waals surface area contributed by atoms with Gasteiger partial charge in [-0.15, -0.1) is 0 Å². The molecule has 21 heavy (non-hydrogen) atoms. The molecule has 1 aromatic heterocycles. The number of carbonyl (C=O) groups is 1. The molecule has 0 atom stereocenters. The summed E-state index contributed by atoms with van der Waals surface area (Å²) in [6.45, 7) is 0. The quantitative estimate of drug-likeness (QED) is 0.636. The van der Waals surface area contributed by atoms with Crippen LogP contribution in [-0.4, -0.2) is 16.1 Å². The van der Waals surface area contributed by atoms with E-state index in [-0.39, 0.29) is 11.3 Å². The molecule has 0 aliphatic carbocycles. The van der Waals surface area contributed by atoms with Crippen LogP contribution in [0.15, 0.2) is 36.4 Å². The van der Waals surface area contributed by atoms with E-state index in [0.29, 0.717) is 15.8 Å². The van der Waals surface area contributed by atoms with Crippen molar-refractivity contribution in [1.29, 1.82) is 0 Å². The summed E-state index contributed by atoms with van der Waals surface area (Å²) in [5.74, 6) is -1.05. The number of carboxylic acids is 1. The fourth-order valence-corrected chi connectivity index (χ4v) is 3.07. The molecule has 2 aromatic carbocycles. The highest BCUT2D eigenvalue weighted by Gasteiger charge is 2.09. The number of benzene rings is 2. The Hall–Kier alpha value is -2.31. The van der Waals surface area contributed by atoms with Gasteiger partial charge in [-0.05, 0) is 36.4 Å². The first-order valence-electron chi connectivity index (χ1n) is 5.99. The Kier molecular flexibility index (Phi) is 3.40. The average molecular weight is 320 g/mol. The number of halogens is 1. The number of fused-ring (bicyclic) bond motifs is 1. The maximum atomic E-state index is 10.9. The van der Waals surface area contributed by atoms with Crippen molar-refractivity contribution in [3.05, 3.63) is 47.0 Å². The third-order valence-electron chi connectivity index (χ3n) is 2.88. The molecule has 0 spiro atoms. The lowest BCUT2D eigenvalue weighted by atomic mass is 10.1. The predicted octanol–water partition coefficient (Wildman–Crippen LogP) is 3.97. The van der Waals surface area contributed by atoms with Crippen LogP contribution < -0.4 is 11.1 Å². The van der Waals surface area contributed by atoms with Crippen LogP contribution in [0.1, 0.15) is 10.4 Å². The lowest BCUT2D eigenvalue weighted by Crippen LogP contribution is -2.02. The summed E-state index contributed by atoms with van der Waals surface area (Å²) in [4.78, 5) is 15.3. The van der Waals surface area contributed by atoms with Crippen LogP contribution >= 0.6 is 22.9 Å². The first-order valence-corrected chi connectivity index (χ1v) is 7.18. The molecule has 0 amide bonds. The molecule has 0 fully saturated rings. The van der Waals surface area contributed by atoms with Gasteiger partial charge in [-0.1, -0.05) is 22.9 Å². The largest absolute Gasteiger partial charge is 0.478 e. The van der Waals surface area contributed by atoms with Gasteiger partial charge in [0.05, 0.1) is 15.8 Å². The van der Waals surface area contributed by atoms with E-state index in [4.69, 9.17) is 22.4 Å². The molecule has 3 rings (SSSR count). The van der Waals surface area contributed by atoms with Crippen molar-refractivity contribution in [1.82, 2.24) is 4.98 Å². The van der Waals surface area contributed by atoms with Gasteiger partial charge in [0.2, 0.25) is 0 Å². The zero-order chi connectivity index (χ0) is 15.0. The molecule has 4 N–H and O–H groups in total. The number of nitrogens with zero attached hydrogens (tertiary/aromatic N) is 1. The van der Waals surface area contributed by atoms with E-state index in [1.165, 1.54) is 17.4 Å². The SMILES string of the molecule is Nc1cc(Nc2nc3ccc(Cl)cc3s2)ccc1C(=O)O. The van der Waals surface area contributed by atoms with Gasteiger partial charge in [0.15, 0.2) is 5.13 Å². The summed E-state index contributed by atoms with van der Waals surface area (Å²) in [6, 6.07) is 10.2. The molecule has 0 bridgehead atoms. The van der Waals surface area contributed by atoms with Crippen LogP contribution in [0.2, 0.25) is 5.02 Å². The molecule has 3 aromatic rings. The van der Waals surface area contributed by atoms with Crippen LogP contribution in [-0.2, 0) is 0 Å². The van der Waals surface area contributed by atoms with Crippen molar-refractivity contribution >= 4 is 55.6 Å². The smallest absolute Gasteiger partial charge is 0.337 e. The molecular weight excluding hydrogens is 310 g/mol. The van der Waals surface area contributed by atoms with Crippen LogP contribution in [0, 0.1) is 0 Å². The number of aromatic nitrogens is 1. The molecule has 0 aliphatic rings. The zero-order valence-corrected chi connectivity index (χ0v) is 12.2. The molecule has 0 aliphatic heterocycles. The number of aromatic carboxylic acids is 1. The van der Waals surface area contributed by atoms with Gasteiger partial charge in [-0.25, -0.2) is 9.78 Å². The van der Waals surface area contributed by atoms with Gasteiger partial charge >= 0.3 is 5.97 Å². The molecule has 7 heteroatoms. The topological polar surface area (TPSA) is 88.2 Å². The third-order valence-corrected chi connectivity index (χ3v) is 4.05. The van der Waals surface area contributed by atoms with E-state index < -0.39 is 5.97 Å². The van der Waals surface area contributed by atoms with Crippen molar-refractivity contribution in [2.75, 3.05) is 11.1 Å². The number of nitrogens with two attached hydrogens (primary N) is 1. The Morgan fingerprint density at radius 2 is 2.10 bits per heavy atom. The number of hydrogen-bond acceptors (Lipinski definition) is 5. The highest BCUT2D eigenvalue weighted by Crippen LogP contribution is 2.31. The van der Waals surface area contributed by atoms with E-state index in [9.17, 15) is 4.79 Å². The van der Waals surface area contributed by atoms with E-state index in [0.717, 1.165) is 10.2 Å². The first-order chi connectivity index (χ1) is 10.0. The number of nitrogen functional groups attached to an aromatic ring is 1. The minimum Gasteiger partial charge on any atom is -0.478 e. The number of anilines is 3. The van der Waals surface area contributed by atoms with Crippen LogP contribution in [0.3, 0.4) is 0 Å². The van der Waals surface area contributed by atoms with Gasteiger partial charge in [-0.2, -0.15) is 0 Å². The van der Waals surface area contributed by atoms with Gasteiger partial charge in [0, 0.05) is 16.4 Å². The molecule has 0 saturated carbocycles. The molecule has 0 unspecified atom stereocenters. The predicted molar refractivity (Wildman–Crippen MR) is 85.7 cm³/mol. The Morgan fingerprint density at radius 1 is 1.29 bits per heavy atom. The fraction of sp³-hybridized carbons (Fsp3) is 0. The summed E-state index contributed by atoms with van der Waals surface area (Å²) >= 11 is 7.40. The number of nitrogens with one attached hydrogen (secondary N) is 1. The van der Waals surface area contributed by atoms with Crippen molar-refractivity contribution < 1.29 is 9.90 Å². The molecule has 1 heterocycles. The second-order valence-electron chi connectivity index (χ2n) is 4.36. The van der Waals surface area contributed by atoms with Crippen LogP contribution in [0.4, 0.5) is 16.5 Å². The number of rotatable bonds is 3. The Balaban J connectivity index is 1.91. The minimum absolute atomic E-state index is 0.0802. The lowest BCUT2D eigenvalue weighted by Gasteiger charge is -2.05. The second-order valence-corrected chi connectivity index (χ2v) is 5.83. The van der Waals surface area contributed by atoms with Crippen LogP contribution in [0.25, 0.3) is 10.2 Å². The maximum absolute atomic E-state index is 10.9. The Morgan fingerprint density at radius 3 is 2.81 bits per heavy atom. The highest BCUT2D eigenvalue weighted by molar-refractivity contribution is 7.22. The van der Waals surface area contributed by atoms with E-state index in [1.807, 2.05) is 12.1 Å². The highest BCUT2D eigenvalue weighted by atomic mass is 35.5. The summed E-state index contributed by atoms with van der Waals surface area (Å²) in [5.41, 5.74) is 7.53. The molecule has 0 saturated heterocycles. The van der Waals surface area contributed by atoms with Crippen molar-refractivity contribution in [2.45, 2.75) is 0 Å². The molecule has 5 nitrogen and oxygen atoms in total. The monoisotopic (exact) mass is 319 g/mol. The van der Waals surface area contributed by atoms with E-state index in [2.05, 4.69) is 10.3 Å². The Bertz CT molecular complexity index is 847. The van der Waals surface area contributed by atoms with Gasteiger partial charge in [0.25, 0.3) is 0 Å².